The first-order valence-electron chi connectivity index (χ1n) is 13.1. The summed E-state index contributed by atoms with van der Waals surface area (Å²) in [5.74, 6) is -4.31. The van der Waals surface area contributed by atoms with E-state index in [1.54, 1.807) is 18.2 Å². The van der Waals surface area contributed by atoms with Gasteiger partial charge in [-0.1, -0.05) is 0 Å². The maximum Gasteiger partial charge on any atom is 0.303 e. The predicted molar refractivity (Wildman–Crippen MR) is 139 cm³/mol. The molecule has 0 bridgehead atoms. The number of ether oxygens (including phenoxy) is 2. The number of piperidine rings is 1. The quantitative estimate of drug-likeness (QED) is 0.278. The molecule has 0 saturated carbocycles. The first-order chi connectivity index (χ1) is 19.1. The number of aliphatic carboxylic acids is 1. The zero-order valence-corrected chi connectivity index (χ0v) is 22.1. The van der Waals surface area contributed by atoms with Gasteiger partial charge in [-0.15, -0.1) is 0 Å². The minimum atomic E-state index is -1.12. The Balaban J connectivity index is 1.41. The van der Waals surface area contributed by atoms with Crippen molar-refractivity contribution in [2.45, 2.75) is 44.9 Å². The monoisotopic (exact) mass is 564 g/mol. The fourth-order valence-electron chi connectivity index (χ4n) is 5.48. The molecule has 11 heteroatoms. The van der Waals surface area contributed by atoms with Crippen molar-refractivity contribution >= 4 is 16.9 Å². The number of aliphatic hydroxyl groups is 1. The van der Waals surface area contributed by atoms with Crippen LogP contribution in [-0.4, -0.2) is 59.4 Å². The number of aromatic nitrogens is 1. The van der Waals surface area contributed by atoms with Crippen LogP contribution in [0.15, 0.2) is 36.5 Å². The van der Waals surface area contributed by atoms with Gasteiger partial charge in [-0.3, -0.25) is 14.7 Å². The molecule has 2 N–H and O–H groups in total. The Hall–Kier alpha value is -3.44. The van der Waals surface area contributed by atoms with Crippen LogP contribution in [0.25, 0.3) is 10.9 Å². The van der Waals surface area contributed by atoms with Gasteiger partial charge in [0, 0.05) is 35.8 Å². The van der Waals surface area contributed by atoms with Gasteiger partial charge in [0.25, 0.3) is 0 Å². The lowest BCUT2D eigenvalue weighted by Crippen LogP contribution is -2.42. The molecule has 2 aromatic carbocycles. The lowest BCUT2D eigenvalue weighted by molar-refractivity contribution is -0.141. The first-order valence-corrected chi connectivity index (χ1v) is 13.1. The van der Waals surface area contributed by atoms with Crippen LogP contribution in [0.1, 0.15) is 49.3 Å². The molecular formula is C29H32F4N2O5. The third-order valence-corrected chi connectivity index (χ3v) is 7.68. The molecule has 0 amide bonds. The zero-order valence-electron chi connectivity index (χ0n) is 22.1. The van der Waals surface area contributed by atoms with Crippen LogP contribution in [0.4, 0.5) is 17.6 Å². The van der Waals surface area contributed by atoms with Crippen LogP contribution in [0.3, 0.4) is 0 Å². The number of likely N-dealkylation sites (tertiary alicyclic amines) is 1. The molecule has 0 radical (unpaired) electrons. The second-order valence-electron chi connectivity index (χ2n) is 10.2. The third-order valence-electron chi connectivity index (χ3n) is 7.68. The van der Waals surface area contributed by atoms with E-state index in [1.165, 1.54) is 13.3 Å². The van der Waals surface area contributed by atoms with Crippen molar-refractivity contribution in [2.75, 3.05) is 33.4 Å². The van der Waals surface area contributed by atoms with E-state index in [2.05, 4.69) is 4.98 Å². The number of alkyl halides is 1. The van der Waals surface area contributed by atoms with Crippen molar-refractivity contribution in [2.24, 2.45) is 5.41 Å². The number of benzene rings is 2. The Bertz CT molecular complexity index is 1320. The topological polar surface area (TPSA) is 92.1 Å². The van der Waals surface area contributed by atoms with Gasteiger partial charge < -0.3 is 19.7 Å². The summed E-state index contributed by atoms with van der Waals surface area (Å²) in [7, 11) is 1.51. The summed E-state index contributed by atoms with van der Waals surface area (Å²) in [6, 6.07) is 6.27. The summed E-state index contributed by atoms with van der Waals surface area (Å²) in [4.78, 5) is 18.0. The number of carbonyl (C=O) groups is 1. The molecule has 0 spiro atoms. The number of aliphatic hydroxyl groups excluding tert-OH is 1. The lowest BCUT2D eigenvalue weighted by Gasteiger charge is -2.41. The van der Waals surface area contributed by atoms with E-state index in [0.717, 1.165) is 0 Å². The van der Waals surface area contributed by atoms with Crippen LogP contribution >= 0.6 is 0 Å². The smallest absolute Gasteiger partial charge is 0.303 e. The second-order valence-corrected chi connectivity index (χ2v) is 10.2. The lowest BCUT2D eigenvalue weighted by atomic mass is 9.71. The van der Waals surface area contributed by atoms with Crippen LogP contribution in [0.5, 0.6) is 11.5 Å². The molecule has 2 heterocycles. The summed E-state index contributed by atoms with van der Waals surface area (Å²) in [6.45, 7) is 0.537. The number of methoxy groups -OCH3 is 1. The average Bonchev–Trinajstić information content (AvgIpc) is 2.92. The maximum atomic E-state index is 13.9. The Morgan fingerprint density at radius 1 is 1.15 bits per heavy atom. The number of hydrogen-bond donors (Lipinski definition) is 2. The van der Waals surface area contributed by atoms with Gasteiger partial charge in [0.15, 0.2) is 17.4 Å². The van der Waals surface area contributed by atoms with Gasteiger partial charge >= 0.3 is 5.97 Å². The number of hydrogen-bond acceptors (Lipinski definition) is 6. The normalized spacial score (nSPS) is 16.1. The van der Waals surface area contributed by atoms with Crippen molar-refractivity contribution < 1.29 is 42.0 Å². The van der Waals surface area contributed by atoms with Gasteiger partial charge in [0.1, 0.15) is 24.8 Å². The molecule has 1 aliphatic heterocycles. The predicted octanol–water partition coefficient (Wildman–Crippen LogP) is 5.58. The van der Waals surface area contributed by atoms with E-state index in [4.69, 9.17) is 9.47 Å². The average molecular weight is 565 g/mol. The molecule has 3 aromatic rings. The number of rotatable bonds is 12. The zero-order chi connectivity index (χ0) is 28.9. The molecule has 1 saturated heterocycles. The molecular weight excluding hydrogens is 532 g/mol. The van der Waals surface area contributed by atoms with Crippen LogP contribution in [0, 0.1) is 22.9 Å². The van der Waals surface area contributed by atoms with Gasteiger partial charge in [-0.2, -0.15) is 0 Å². The largest absolute Gasteiger partial charge is 0.497 e. The third kappa shape index (κ3) is 6.82. The Kier molecular flexibility index (Phi) is 9.47. The summed E-state index contributed by atoms with van der Waals surface area (Å²) < 4.78 is 65.1. The number of pyridine rings is 1. The molecule has 1 unspecified atom stereocenters. The minimum absolute atomic E-state index is 0.0330. The van der Waals surface area contributed by atoms with Crippen molar-refractivity contribution in [3.8, 4) is 11.5 Å². The molecule has 1 aromatic heterocycles. The fraction of sp³-hybridized carbons (Fsp3) is 0.448. The van der Waals surface area contributed by atoms with Crippen LogP contribution in [-0.2, 0) is 11.5 Å². The standard InChI is InChI=1S/C29H32F4N2O5/c1-39-20-2-3-24-21(14-20)27(18(16-30)17-34-24)25(36)4-5-29(15-26(37)38)6-8-35(9-7-29)10-11-40-28-22(32)12-19(31)13-23(28)33/h2-3,12-14,17,25,36H,4-11,15-16H2,1H3,(H,37,38). The second kappa shape index (κ2) is 12.8. The summed E-state index contributed by atoms with van der Waals surface area (Å²) in [6.07, 6.45) is 1.94. The van der Waals surface area contributed by atoms with Crippen molar-refractivity contribution in [3.05, 3.63) is 65.1 Å². The fourth-order valence-corrected chi connectivity index (χ4v) is 5.48. The van der Waals surface area contributed by atoms with E-state index in [1.807, 2.05) is 4.90 Å². The Morgan fingerprint density at radius 2 is 1.85 bits per heavy atom. The van der Waals surface area contributed by atoms with Gasteiger partial charge in [-0.25, -0.2) is 17.6 Å². The van der Waals surface area contributed by atoms with Gasteiger partial charge in [0.05, 0.1) is 25.2 Å². The Morgan fingerprint density at radius 3 is 2.48 bits per heavy atom. The highest BCUT2D eigenvalue weighted by atomic mass is 19.1. The SMILES string of the molecule is COc1ccc2ncc(CF)c(C(O)CCC3(CC(=O)O)CCN(CCOc4c(F)cc(F)cc4F)CC3)c2c1. The minimum Gasteiger partial charge on any atom is -0.497 e. The highest BCUT2D eigenvalue weighted by Gasteiger charge is 2.37. The number of carboxylic acid groups (broad SMARTS) is 1. The highest BCUT2D eigenvalue weighted by molar-refractivity contribution is 5.85. The van der Waals surface area contributed by atoms with E-state index < -0.39 is 47.4 Å². The van der Waals surface area contributed by atoms with Crippen molar-refractivity contribution in [3.63, 3.8) is 0 Å². The molecule has 1 fully saturated rings. The molecule has 4 rings (SSSR count). The van der Waals surface area contributed by atoms with Gasteiger partial charge in [0.2, 0.25) is 0 Å². The molecule has 1 aliphatic rings. The molecule has 40 heavy (non-hydrogen) atoms. The highest BCUT2D eigenvalue weighted by Crippen LogP contribution is 2.42. The number of nitrogens with zero attached hydrogens (tertiary/aromatic N) is 2. The molecule has 0 aliphatic carbocycles. The van der Waals surface area contributed by atoms with E-state index in [0.29, 0.717) is 73.2 Å². The maximum absolute atomic E-state index is 13.9. The first kappa shape index (κ1) is 29.5. The van der Waals surface area contributed by atoms with Crippen molar-refractivity contribution in [1.29, 1.82) is 0 Å². The number of fused-ring (bicyclic) bond motifs is 1. The summed E-state index contributed by atoms with van der Waals surface area (Å²) >= 11 is 0. The van der Waals surface area contributed by atoms with E-state index >= 15 is 0 Å². The van der Waals surface area contributed by atoms with E-state index in [9.17, 15) is 32.6 Å². The van der Waals surface area contributed by atoms with E-state index in [-0.39, 0.29) is 25.0 Å². The molecule has 1 atom stereocenters. The van der Waals surface area contributed by atoms with Crippen LogP contribution < -0.4 is 9.47 Å². The Labute approximate surface area is 229 Å². The molecule has 7 nitrogen and oxygen atoms in total. The molecule has 216 valence electrons. The number of halogens is 4. The number of carboxylic acids is 1. The van der Waals surface area contributed by atoms with Gasteiger partial charge in [-0.05, 0) is 68.0 Å². The summed E-state index contributed by atoms with van der Waals surface area (Å²) in [5.41, 5.74) is 0.690. The summed E-state index contributed by atoms with van der Waals surface area (Å²) in [5, 5.41) is 21.4. The van der Waals surface area contributed by atoms with Crippen molar-refractivity contribution in [1.82, 2.24) is 9.88 Å². The van der Waals surface area contributed by atoms with Crippen LogP contribution in [0.2, 0.25) is 0 Å².